The molecule has 0 fully saturated rings. The second-order valence-electron chi connectivity index (χ2n) is 6.01. The Morgan fingerprint density at radius 1 is 1.29 bits per heavy atom. The number of benzene rings is 1. The van der Waals surface area contributed by atoms with E-state index < -0.39 is 0 Å². The van der Waals surface area contributed by atoms with Crippen molar-refractivity contribution in [3.63, 3.8) is 0 Å². The highest BCUT2D eigenvalue weighted by Crippen LogP contribution is 2.25. The minimum Gasteiger partial charge on any atom is -0.484 e. The third-order valence-electron chi connectivity index (χ3n) is 3.92. The summed E-state index contributed by atoms with van der Waals surface area (Å²) in [5, 5.41) is 7.92. The van der Waals surface area contributed by atoms with Gasteiger partial charge in [0.2, 0.25) is 0 Å². The van der Waals surface area contributed by atoms with E-state index in [0.29, 0.717) is 46.9 Å². The summed E-state index contributed by atoms with van der Waals surface area (Å²) in [5.41, 5.74) is 0.684. The molecule has 0 saturated heterocycles. The molecule has 0 radical (unpaired) electrons. The van der Waals surface area contributed by atoms with Gasteiger partial charge < -0.3 is 14.5 Å². The zero-order chi connectivity index (χ0) is 20.1. The van der Waals surface area contributed by atoms with Crippen LogP contribution in [0.15, 0.2) is 45.3 Å². The molecule has 148 valence electrons. The van der Waals surface area contributed by atoms with E-state index in [4.69, 9.17) is 32.4 Å². The predicted octanol–water partition coefficient (Wildman–Crippen LogP) is 5.25. The van der Waals surface area contributed by atoms with Gasteiger partial charge in [0.15, 0.2) is 5.76 Å². The van der Waals surface area contributed by atoms with Crippen LogP contribution in [0.5, 0.6) is 5.75 Å². The molecule has 1 aromatic carbocycles. The number of rotatable bonds is 8. The molecule has 6 nitrogen and oxygen atoms in total. The van der Waals surface area contributed by atoms with Crippen molar-refractivity contribution in [1.82, 2.24) is 15.1 Å². The molecular formula is C19H18BrCl2N3O3. The summed E-state index contributed by atoms with van der Waals surface area (Å²) in [5.74, 6) is 1.22. The Bertz CT molecular complexity index is 971. The topological polar surface area (TPSA) is 69.3 Å². The van der Waals surface area contributed by atoms with Crippen LogP contribution in [-0.2, 0) is 13.2 Å². The first-order chi connectivity index (χ1) is 13.5. The number of hydrogen-bond donors (Lipinski definition) is 1. The fourth-order valence-electron chi connectivity index (χ4n) is 2.49. The van der Waals surface area contributed by atoms with Gasteiger partial charge in [-0.1, -0.05) is 35.3 Å². The smallest absolute Gasteiger partial charge is 0.286 e. The maximum Gasteiger partial charge on any atom is 0.286 e. The average molecular weight is 487 g/mol. The molecule has 0 spiro atoms. The number of amides is 1. The van der Waals surface area contributed by atoms with Crippen molar-refractivity contribution in [2.75, 3.05) is 6.54 Å². The fraction of sp³-hybridized carbons (Fsp3) is 0.263. The normalized spacial score (nSPS) is 10.9. The molecule has 1 N–H and O–H groups in total. The Balaban J connectivity index is 1.45. The van der Waals surface area contributed by atoms with Gasteiger partial charge in [0, 0.05) is 13.1 Å². The molecule has 0 aliphatic carbocycles. The van der Waals surface area contributed by atoms with E-state index in [-0.39, 0.29) is 18.3 Å². The number of para-hydroxylation sites is 1. The maximum atomic E-state index is 12.2. The number of ether oxygens (including phenoxy) is 1. The van der Waals surface area contributed by atoms with E-state index in [0.717, 1.165) is 4.47 Å². The molecule has 0 atom stereocenters. The average Bonchev–Trinajstić information content (AvgIpc) is 3.25. The van der Waals surface area contributed by atoms with E-state index in [9.17, 15) is 4.79 Å². The van der Waals surface area contributed by atoms with Crippen LogP contribution in [0, 0.1) is 6.92 Å². The van der Waals surface area contributed by atoms with Crippen LogP contribution < -0.4 is 10.1 Å². The van der Waals surface area contributed by atoms with E-state index in [2.05, 4.69) is 26.3 Å². The highest BCUT2D eigenvalue weighted by atomic mass is 79.9. The molecule has 2 heterocycles. The second-order valence-corrected chi connectivity index (χ2v) is 7.60. The second kappa shape index (κ2) is 9.49. The third kappa shape index (κ3) is 5.10. The molecule has 0 unspecified atom stereocenters. The first-order valence-electron chi connectivity index (χ1n) is 8.58. The molecule has 1 amide bonds. The Morgan fingerprint density at radius 2 is 2.07 bits per heavy atom. The maximum absolute atomic E-state index is 12.2. The summed E-state index contributed by atoms with van der Waals surface area (Å²) in [6, 6.07) is 10.9. The molecule has 0 aliphatic heterocycles. The monoisotopic (exact) mass is 485 g/mol. The number of aromatic nitrogens is 2. The summed E-state index contributed by atoms with van der Waals surface area (Å²) in [6.45, 7) is 3.03. The van der Waals surface area contributed by atoms with Crippen LogP contribution in [0.25, 0.3) is 0 Å². The molecule has 3 aromatic rings. The van der Waals surface area contributed by atoms with Crippen LogP contribution in [0.4, 0.5) is 0 Å². The standard InChI is InChI=1S/C19H18BrCl2N3O3/c1-12-17(21)18(22)25(24-12)10-4-9-23-19(26)16-8-7-13(28-16)11-27-15-6-3-2-5-14(15)20/h2-3,5-8H,4,9-11H2,1H3,(H,23,26). The highest BCUT2D eigenvalue weighted by Gasteiger charge is 2.13. The summed E-state index contributed by atoms with van der Waals surface area (Å²) in [6.07, 6.45) is 0.654. The van der Waals surface area contributed by atoms with Crippen molar-refractivity contribution in [2.45, 2.75) is 26.5 Å². The Morgan fingerprint density at radius 3 is 2.79 bits per heavy atom. The number of nitrogens with one attached hydrogen (secondary N) is 1. The van der Waals surface area contributed by atoms with Gasteiger partial charge in [-0.15, -0.1) is 0 Å². The van der Waals surface area contributed by atoms with Crippen LogP contribution in [0.3, 0.4) is 0 Å². The van der Waals surface area contributed by atoms with Crippen molar-refractivity contribution < 1.29 is 13.9 Å². The fourth-order valence-corrected chi connectivity index (χ4v) is 3.28. The first-order valence-corrected chi connectivity index (χ1v) is 10.1. The van der Waals surface area contributed by atoms with Gasteiger partial charge in [0.25, 0.3) is 5.91 Å². The molecule has 0 bridgehead atoms. The molecule has 9 heteroatoms. The van der Waals surface area contributed by atoms with Crippen molar-refractivity contribution in [3.8, 4) is 5.75 Å². The first kappa shape index (κ1) is 20.8. The Kier molecular flexibility index (Phi) is 7.04. The number of carbonyl (C=O) groups excluding carboxylic acids is 1. The minimum absolute atomic E-state index is 0.230. The van der Waals surface area contributed by atoms with Gasteiger partial charge in [-0.3, -0.25) is 9.48 Å². The van der Waals surface area contributed by atoms with Crippen molar-refractivity contribution in [2.24, 2.45) is 0 Å². The van der Waals surface area contributed by atoms with Crippen LogP contribution in [0.2, 0.25) is 10.2 Å². The summed E-state index contributed by atoms with van der Waals surface area (Å²) < 4.78 is 13.7. The molecule has 0 aliphatic rings. The number of furan rings is 1. The zero-order valence-corrected chi connectivity index (χ0v) is 18.1. The van der Waals surface area contributed by atoms with Gasteiger partial charge in [-0.2, -0.15) is 5.10 Å². The lowest BCUT2D eigenvalue weighted by atomic mass is 10.3. The third-order valence-corrected chi connectivity index (χ3v) is 5.51. The summed E-state index contributed by atoms with van der Waals surface area (Å²) in [4.78, 5) is 12.2. The van der Waals surface area contributed by atoms with Gasteiger partial charge in [-0.25, -0.2) is 0 Å². The van der Waals surface area contributed by atoms with Gasteiger partial charge in [0.1, 0.15) is 28.3 Å². The molecule has 2 aromatic heterocycles. The van der Waals surface area contributed by atoms with E-state index in [1.54, 1.807) is 23.7 Å². The van der Waals surface area contributed by atoms with Crippen LogP contribution >= 0.6 is 39.1 Å². The number of hydrogen-bond acceptors (Lipinski definition) is 4. The van der Waals surface area contributed by atoms with Crippen molar-refractivity contribution >= 4 is 45.0 Å². The molecule has 3 rings (SSSR count). The lowest BCUT2D eigenvalue weighted by Gasteiger charge is -2.06. The number of nitrogens with zero attached hydrogens (tertiary/aromatic N) is 2. The zero-order valence-electron chi connectivity index (χ0n) is 15.0. The van der Waals surface area contributed by atoms with Gasteiger partial charge in [0.05, 0.1) is 10.2 Å². The van der Waals surface area contributed by atoms with Gasteiger partial charge in [-0.05, 0) is 53.5 Å². The van der Waals surface area contributed by atoms with Crippen molar-refractivity contribution in [1.29, 1.82) is 0 Å². The van der Waals surface area contributed by atoms with Crippen molar-refractivity contribution in [3.05, 3.63) is 68.3 Å². The molecule has 0 saturated carbocycles. The van der Waals surface area contributed by atoms with E-state index in [1.165, 1.54) is 0 Å². The number of halogens is 3. The largest absolute Gasteiger partial charge is 0.484 e. The minimum atomic E-state index is -0.284. The number of aryl methyl sites for hydroxylation is 2. The summed E-state index contributed by atoms with van der Waals surface area (Å²) >= 11 is 15.5. The Labute approximate surface area is 180 Å². The van der Waals surface area contributed by atoms with Gasteiger partial charge >= 0.3 is 0 Å². The van der Waals surface area contributed by atoms with Crippen LogP contribution in [-0.4, -0.2) is 22.2 Å². The SMILES string of the molecule is Cc1nn(CCCNC(=O)c2ccc(COc3ccccc3Br)o2)c(Cl)c1Cl. The lowest BCUT2D eigenvalue weighted by molar-refractivity contribution is 0.0920. The highest BCUT2D eigenvalue weighted by molar-refractivity contribution is 9.10. The molecular weight excluding hydrogens is 469 g/mol. The van der Waals surface area contributed by atoms with E-state index in [1.807, 2.05) is 24.3 Å². The number of carbonyl (C=O) groups is 1. The van der Waals surface area contributed by atoms with E-state index >= 15 is 0 Å². The van der Waals surface area contributed by atoms with Crippen LogP contribution in [0.1, 0.15) is 28.4 Å². The Hall–Kier alpha value is -1.96. The quantitative estimate of drug-likeness (QED) is 0.441. The summed E-state index contributed by atoms with van der Waals surface area (Å²) in [7, 11) is 0. The lowest BCUT2D eigenvalue weighted by Crippen LogP contribution is -2.25. The molecule has 28 heavy (non-hydrogen) atoms. The predicted molar refractivity (Wildman–Crippen MR) is 111 cm³/mol.